The summed E-state index contributed by atoms with van der Waals surface area (Å²) in [6, 6.07) is 5.56. The molecule has 0 amide bonds. The van der Waals surface area contributed by atoms with Crippen LogP contribution in [0.2, 0.25) is 0 Å². The lowest BCUT2D eigenvalue weighted by Gasteiger charge is -2.08. The molecule has 0 aliphatic heterocycles. The van der Waals surface area contributed by atoms with Crippen LogP contribution in [-0.2, 0) is 20.0 Å². The molecule has 0 saturated heterocycles. The maximum atomic E-state index is 8.74. The highest BCUT2D eigenvalue weighted by Crippen LogP contribution is 2.22. The van der Waals surface area contributed by atoms with Crippen molar-refractivity contribution in [3.05, 3.63) is 35.2 Å². The Balaban J connectivity index is 2.15. The Morgan fingerprint density at radius 1 is 1.45 bits per heavy atom. The number of nitrogens with one attached hydrogen (secondary N) is 1. The van der Waals surface area contributed by atoms with Gasteiger partial charge in [-0.05, 0) is 18.6 Å². The second kappa shape index (κ2) is 6.06. The Morgan fingerprint density at radius 3 is 2.80 bits per heavy atom. The summed E-state index contributed by atoms with van der Waals surface area (Å²) in [7, 11) is 3.50. The first-order chi connectivity index (χ1) is 9.69. The predicted molar refractivity (Wildman–Crippen MR) is 75.4 cm³/mol. The summed E-state index contributed by atoms with van der Waals surface area (Å²) in [5.74, 6) is 1.47. The molecule has 1 N–H and O–H groups in total. The Hall–Kier alpha value is -2.55. The molecule has 2 heterocycles. The van der Waals surface area contributed by atoms with E-state index in [4.69, 9.17) is 10.00 Å². The van der Waals surface area contributed by atoms with E-state index in [1.165, 1.54) is 0 Å². The van der Waals surface area contributed by atoms with Gasteiger partial charge in [0.25, 0.3) is 0 Å². The van der Waals surface area contributed by atoms with Crippen LogP contribution in [0, 0.1) is 11.3 Å². The summed E-state index contributed by atoms with van der Waals surface area (Å²) in [6.07, 6.45) is 2.39. The lowest BCUT2D eigenvalue weighted by Crippen LogP contribution is -2.04. The lowest BCUT2D eigenvalue weighted by molar-refractivity contribution is 0.369. The van der Waals surface area contributed by atoms with Crippen molar-refractivity contribution in [1.29, 1.82) is 5.26 Å². The Kier molecular flexibility index (Phi) is 4.20. The highest BCUT2D eigenvalue weighted by Gasteiger charge is 2.15. The van der Waals surface area contributed by atoms with Gasteiger partial charge in [-0.3, -0.25) is 0 Å². The summed E-state index contributed by atoms with van der Waals surface area (Å²) in [6.45, 7) is 2.64. The molecule has 0 unspecified atom stereocenters. The van der Waals surface area contributed by atoms with Crippen LogP contribution in [0.25, 0.3) is 0 Å². The van der Waals surface area contributed by atoms with Crippen LogP contribution >= 0.6 is 0 Å². The van der Waals surface area contributed by atoms with Gasteiger partial charge in [-0.25, -0.2) is 9.67 Å². The fourth-order valence-electron chi connectivity index (χ4n) is 2.07. The fraction of sp³-hybridized carbons (Fsp3) is 0.357. The smallest absolute Gasteiger partial charge is 0.216 e. The largest absolute Gasteiger partial charge is 0.481 e. The molecule has 0 aliphatic rings. The average molecular weight is 271 g/mol. The zero-order chi connectivity index (χ0) is 14.5. The number of hydrogen-bond donors (Lipinski definition) is 1. The normalized spacial score (nSPS) is 10.1. The number of ether oxygens (including phenoxy) is 1. The van der Waals surface area contributed by atoms with E-state index in [1.807, 2.05) is 13.1 Å². The highest BCUT2D eigenvalue weighted by atomic mass is 16.5. The number of anilines is 1. The molecule has 20 heavy (non-hydrogen) atoms. The van der Waals surface area contributed by atoms with E-state index in [2.05, 4.69) is 22.3 Å². The summed E-state index contributed by atoms with van der Waals surface area (Å²) < 4.78 is 7.12. The molecule has 6 nitrogen and oxygen atoms in total. The predicted octanol–water partition coefficient (Wildman–Crippen LogP) is 1.87. The summed E-state index contributed by atoms with van der Waals surface area (Å²) in [4.78, 5) is 4.18. The van der Waals surface area contributed by atoms with Crippen molar-refractivity contribution in [3.63, 3.8) is 0 Å². The standard InChI is InChI=1S/C14H17N5O/c1-4-12-11(14(20-3)19(2)18-12)9-17-13-6-5-10(7-15)8-16-13/h5-6,8H,4,9H2,1-3H3,(H,16,17). The first kappa shape index (κ1) is 13.9. The number of aryl methyl sites for hydroxylation is 2. The molecule has 0 atom stereocenters. The molecule has 0 saturated carbocycles. The molecule has 0 spiro atoms. The van der Waals surface area contributed by atoms with E-state index in [-0.39, 0.29) is 0 Å². The molecule has 2 aromatic rings. The van der Waals surface area contributed by atoms with Gasteiger partial charge in [-0.1, -0.05) is 6.92 Å². The molecule has 0 bridgehead atoms. The summed E-state index contributed by atoms with van der Waals surface area (Å²) >= 11 is 0. The second-order valence-corrected chi connectivity index (χ2v) is 4.31. The summed E-state index contributed by atoms with van der Waals surface area (Å²) in [5, 5.41) is 16.4. The van der Waals surface area contributed by atoms with Crippen molar-refractivity contribution in [2.24, 2.45) is 7.05 Å². The van der Waals surface area contributed by atoms with Crippen LogP contribution < -0.4 is 10.1 Å². The molecule has 0 radical (unpaired) electrons. The van der Waals surface area contributed by atoms with Crippen molar-refractivity contribution in [1.82, 2.24) is 14.8 Å². The number of methoxy groups -OCH3 is 1. The van der Waals surface area contributed by atoms with Crippen LogP contribution in [0.15, 0.2) is 18.3 Å². The van der Waals surface area contributed by atoms with Gasteiger partial charge in [-0.15, -0.1) is 0 Å². The lowest BCUT2D eigenvalue weighted by atomic mass is 10.2. The van der Waals surface area contributed by atoms with E-state index in [0.29, 0.717) is 12.1 Å². The monoisotopic (exact) mass is 271 g/mol. The third-order valence-corrected chi connectivity index (χ3v) is 3.04. The fourth-order valence-corrected chi connectivity index (χ4v) is 2.07. The third kappa shape index (κ3) is 2.72. The number of nitrogens with zero attached hydrogens (tertiary/aromatic N) is 4. The molecular weight excluding hydrogens is 254 g/mol. The summed E-state index contributed by atoms with van der Waals surface area (Å²) in [5.41, 5.74) is 2.58. The molecule has 0 aliphatic carbocycles. The van der Waals surface area contributed by atoms with Gasteiger partial charge < -0.3 is 10.1 Å². The molecule has 0 aromatic carbocycles. The third-order valence-electron chi connectivity index (χ3n) is 3.04. The van der Waals surface area contributed by atoms with Crippen molar-refractivity contribution in [3.8, 4) is 11.9 Å². The van der Waals surface area contributed by atoms with Crippen LogP contribution in [-0.4, -0.2) is 21.9 Å². The number of hydrogen-bond acceptors (Lipinski definition) is 5. The molecular formula is C14H17N5O. The van der Waals surface area contributed by atoms with Crippen LogP contribution in [0.3, 0.4) is 0 Å². The average Bonchev–Trinajstić information content (AvgIpc) is 2.80. The Bertz CT molecular complexity index is 624. The maximum Gasteiger partial charge on any atom is 0.216 e. The van der Waals surface area contributed by atoms with E-state index < -0.39 is 0 Å². The molecule has 0 fully saturated rings. The maximum absolute atomic E-state index is 8.74. The van der Waals surface area contributed by atoms with Crippen molar-refractivity contribution in [2.45, 2.75) is 19.9 Å². The zero-order valence-electron chi connectivity index (χ0n) is 11.8. The quantitative estimate of drug-likeness (QED) is 0.898. The molecule has 2 aromatic heterocycles. The van der Waals surface area contributed by atoms with Crippen LogP contribution in [0.5, 0.6) is 5.88 Å². The van der Waals surface area contributed by atoms with E-state index in [9.17, 15) is 0 Å². The molecule has 6 heteroatoms. The van der Waals surface area contributed by atoms with Gasteiger partial charge in [0.15, 0.2) is 0 Å². The van der Waals surface area contributed by atoms with E-state index in [0.717, 1.165) is 29.4 Å². The number of nitriles is 1. The SMILES string of the molecule is CCc1nn(C)c(OC)c1CNc1ccc(C#N)cn1. The first-order valence-electron chi connectivity index (χ1n) is 6.38. The Labute approximate surface area is 118 Å². The Morgan fingerprint density at radius 2 is 2.25 bits per heavy atom. The zero-order valence-corrected chi connectivity index (χ0v) is 11.8. The topological polar surface area (TPSA) is 75.8 Å². The van der Waals surface area contributed by atoms with Gasteiger partial charge in [0, 0.05) is 19.8 Å². The van der Waals surface area contributed by atoms with Gasteiger partial charge in [0.2, 0.25) is 5.88 Å². The number of pyridine rings is 1. The van der Waals surface area contributed by atoms with Crippen molar-refractivity contribution in [2.75, 3.05) is 12.4 Å². The highest BCUT2D eigenvalue weighted by molar-refractivity contribution is 5.42. The number of rotatable bonds is 5. The van der Waals surface area contributed by atoms with Gasteiger partial charge in [-0.2, -0.15) is 10.4 Å². The minimum atomic E-state index is 0.545. The number of aromatic nitrogens is 3. The van der Waals surface area contributed by atoms with Crippen molar-refractivity contribution < 1.29 is 4.74 Å². The van der Waals surface area contributed by atoms with Crippen molar-refractivity contribution >= 4 is 5.82 Å². The molecule has 2 rings (SSSR count). The minimum absolute atomic E-state index is 0.545. The first-order valence-corrected chi connectivity index (χ1v) is 6.38. The van der Waals surface area contributed by atoms with Gasteiger partial charge in [0.05, 0.1) is 23.9 Å². The molecule has 104 valence electrons. The second-order valence-electron chi connectivity index (χ2n) is 4.31. The van der Waals surface area contributed by atoms with Gasteiger partial charge >= 0.3 is 0 Å². The van der Waals surface area contributed by atoms with Crippen LogP contribution in [0.4, 0.5) is 5.82 Å². The minimum Gasteiger partial charge on any atom is -0.481 e. The van der Waals surface area contributed by atoms with Crippen LogP contribution in [0.1, 0.15) is 23.7 Å². The van der Waals surface area contributed by atoms with E-state index in [1.54, 1.807) is 30.1 Å². The van der Waals surface area contributed by atoms with Gasteiger partial charge in [0.1, 0.15) is 11.9 Å². The van der Waals surface area contributed by atoms with E-state index >= 15 is 0 Å².